The number of hydrogen-bond donors (Lipinski definition) is 2. The van der Waals surface area contributed by atoms with Crippen LogP contribution in [0.3, 0.4) is 0 Å². The van der Waals surface area contributed by atoms with Crippen LogP contribution < -0.4 is 5.32 Å². The number of hydrogen-bond acceptors (Lipinski definition) is 4. The summed E-state index contributed by atoms with van der Waals surface area (Å²) in [6, 6.07) is 3.90. The maximum atomic E-state index is 12.7. The molecule has 0 saturated carbocycles. The van der Waals surface area contributed by atoms with Crippen molar-refractivity contribution in [1.82, 2.24) is 20.2 Å². The number of aromatic amines is 1. The van der Waals surface area contributed by atoms with Crippen LogP contribution in [0.15, 0.2) is 24.5 Å². The van der Waals surface area contributed by atoms with Crippen molar-refractivity contribution >= 4 is 16.9 Å². The summed E-state index contributed by atoms with van der Waals surface area (Å²) in [5.41, 5.74) is 2.28. The number of carbonyl (C=O) groups excluding carboxylic acids is 1. The lowest BCUT2D eigenvalue weighted by molar-refractivity contribution is -0.140. The van der Waals surface area contributed by atoms with E-state index in [0.717, 1.165) is 38.1 Å². The van der Waals surface area contributed by atoms with Gasteiger partial charge in [0.25, 0.3) is 0 Å². The quantitative estimate of drug-likeness (QED) is 0.879. The zero-order valence-corrected chi connectivity index (χ0v) is 14.0. The molecule has 1 amide bonds. The molecule has 0 unspecified atom stereocenters. The second kappa shape index (κ2) is 6.53. The monoisotopic (exact) mass is 328 g/mol. The number of nitrogens with one attached hydrogen (secondary N) is 2. The summed E-state index contributed by atoms with van der Waals surface area (Å²) in [5.74, 6) is 0.668. The molecule has 6 heteroatoms. The van der Waals surface area contributed by atoms with Crippen LogP contribution in [0.1, 0.15) is 31.2 Å². The molecule has 2 atom stereocenters. The van der Waals surface area contributed by atoms with Gasteiger partial charge >= 0.3 is 0 Å². The Balaban J connectivity index is 1.42. The molecule has 0 aliphatic carbocycles. The highest BCUT2D eigenvalue weighted by atomic mass is 16.5. The third-order valence-electron chi connectivity index (χ3n) is 5.31. The molecular weight excluding hydrogens is 304 g/mol. The topological polar surface area (TPSA) is 70.2 Å². The fourth-order valence-electron chi connectivity index (χ4n) is 3.93. The van der Waals surface area contributed by atoms with Crippen molar-refractivity contribution in [3.05, 3.63) is 30.1 Å². The Kier molecular flexibility index (Phi) is 4.24. The summed E-state index contributed by atoms with van der Waals surface area (Å²) >= 11 is 0. The molecule has 2 aromatic heterocycles. The van der Waals surface area contributed by atoms with Gasteiger partial charge in [-0.3, -0.25) is 4.79 Å². The highest BCUT2D eigenvalue weighted by molar-refractivity contribution is 5.83. The predicted octanol–water partition coefficient (Wildman–Crippen LogP) is 1.65. The van der Waals surface area contributed by atoms with Crippen LogP contribution in [0, 0.1) is 0 Å². The van der Waals surface area contributed by atoms with Gasteiger partial charge in [-0.15, -0.1) is 0 Å². The van der Waals surface area contributed by atoms with E-state index in [1.165, 1.54) is 10.9 Å². The van der Waals surface area contributed by atoms with Crippen molar-refractivity contribution in [1.29, 1.82) is 0 Å². The standard InChI is InChI=1S/C18H24N4O2/c1-12-16(19-7-10-24-12)18(23)22-8-4-13(5-9-22)15-11-21-17-14(15)3-2-6-20-17/h2-3,6,11-13,16,19H,4-5,7-10H2,1H3,(H,20,21)/t12-,16+/m1/s1. The lowest BCUT2D eigenvalue weighted by atomic mass is 9.89. The number of aromatic nitrogens is 2. The molecule has 0 aromatic carbocycles. The molecule has 0 radical (unpaired) electrons. The Morgan fingerprint density at radius 3 is 3.00 bits per heavy atom. The van der Waals surface area contributed by atoms with Crippen molar-refractivity contribution in [2.75, 3.05) is 26.2 Å². The zero-order valence-electron chi connectivity index (χ0n) is 14.0. The van der Waals surface area contributed by atoms with E-state index in [9.17, 15) is 4.79 Å². The Morgan fingerprint density at radius 2 is 2.21 bits per heavy atom. The third-order valence-corrected chi connectivity index (χ3v) is 5.31. The maximum Gasteiger partial charge on any atom is 0.242 e. The molecule has 2 N–H and O–H groups in total. The molecule has 0 spiro atoms. The molecule has 2 aliphatic rings. The predicted molar refractivity (Wildman–Crippen MR) is 91.9 cm³/mol. The van der Waals surface area contributed by atoms with Gasteiger partial charge < -0.3 is 19.9 Å². The van der Waals surface area contributed by atoms with E-state index in [1.807, 2.05) is 24.1 Å². The van der Waals surface area contributed by atoms with Gasteiger partial charge in [-0.25, -0.2) is 4.98 Å². The summed E-state index contributed by atoms with van der Waals surface area (Å²) < 4.78 is 5.61. The van der Waals surface area contributed by atoms with Crippen molar-refractivity contribution in [3.63, 3.8) is 0 Å². The number of nitrogens with zero attached hydrogens (tertiary/aromatic N) is 2. The fraction of sp³-hybridized carbons (Fsp3) is 0.556. The first-order valence-electron chi connectivity index (χ1n) is 8.80. The van der Waals surface area contributed by atoms with Gasteiger partial charge in [-0.2, -0.15) is 0 Å². The number of carbonyl (C=O) groups is 1. The Labute approximate surface area is 141 Å². The number of morpholine rings is 1. The normalized spacial score (nSPS) is 26.0. The van der Waals surface area contributed by atoms with Crippen LogP contribution in [0.4, 0.5) is 0 Å². The lowest BCUT2D eigenvalue weighted by Gasteiger charge is -2.37. The Morgan fingerprint density at radius 1 is 1.38 bits per heavy atom. The van der Waals surface area contributed by atoms with Gasteiger partial charge in [0.1, 0.15) is 11.7 Å². The van der Waals surface area contributed by atoms with Crippen LogP contribution in [0.2, 0.25) is 0 Å². The van der Waals surface area contributed by atoms with Crippen molar-refractivity contribution < 1.29 is 9.53 Å². The minimum Gasteiger partial charge on any atom is -0.375 e. The number of rotatable bonds is 2. The zero-order chi connectivity index (χ0) is 16.5. The number of fused-ring (bicyclic) bond motifs is 1. The lowest BCUT2D eigenvalue weighted by Crippen LogP contribution is -2.57. The summed E-state index contributed by atoms with van der Waals surface area (Å²) in [6.07, 6.45) is 5.83. The van der Waals surface area contributed by atoms with E-state index in [1.54, 1.807) is 0 Å². The number of piperidine rings is 1. The van der Waals surface area contributed by atoms with E-state index >= 15 is 0 Å². The summed E-state index contributed by atoms with van der Waals surface area (Å²) in [6.45, 7) is 5.02. The van der Waals surface area contributed by atoms with Crippen LogP contribution in [0.5, 0.6) is 0 Å². The number of pyridine rings is 1. The van der Waals surface area contributed by atoms with Gasteiger partial charge in [-0.05, 0) is 43.4 Å². The third kappa shape index (κ3) is 2.80. The second-order valence-corrected chi connectivity index (χ2v) is 6.75. The largest absolute Gasteiger partial charge is 0.375 e. The SMILES string of the molecule is C[C@H]1OCCN[C@@H]1C(=O)N1CCC(c2c[nH]c3ncccc23)CC1. The summed E-state index contributed by atoms with van der Waals surface area (Å²) in [7, 11) is 0. The minimum absolute atomic E-state index is 0.0522. The first kappa shape index (κ1) is 15.6. The molecule has 0 bridgehead atoms. The molecule has 2 fully saturated rings. The minimum atomic E-state index is -0.201. The first-order chi connectivity index (χ1) is 11.7. The maximum absolute atomic E-state index is 12.7. The molecule has 2 aromatic rings. The second-order valence-electron chi connectivity index (χ2n) is 6.75. The van der Waals surface area contributed by atoms with E-state index in [-0.39, 0.29) is 18.1 Å². The van der Waals surface area contributed by atoms with Crippen molar-refractivity contribution in [2.24, 2.45) is 0 Å². The van der Waals surface area contributed by atoms with Crippen molar-refractivity contribution in [2.45, 2.75) is 37.8 Å². The number of H-pyrrole nitrogens is 1. The Hall–Kier alpha value is -1.92. The highest BCUT2D eigenvalue weighted by Crippen LogP contribution is 2.32. The number of amides is 1. The average Bonchev–Trinajstić information content (AvgIpc) is 3.06. The highest BCUT2D eigenvalue weighted by Gasteiger charge is 2.34. The van der Waals surface area contributed by atoms with Gasteiger partial charge in [0.15, 0.2) is 0 Å². The molecule has 24 heavy (non-hydrogen) atoms. The molecule has 4 heterocycles. The molecular formula is C18H24N4O2. The van der Waals surface area contributed by atoms with Gasteiger partial charge in [-0.1, -0.05) is 0 Å². The summed E-state index contributed by atoms with van der Waals surface area (Å²) in [4.78, 5) is 22.4. The van der Waals surface area contributed by atoms with Crippen LogP contribution in [-0.4, -0.2) is 59.2 Å². The molecule has 2 saturated heterocycles. The van der Waals surface area contributed by atoms with E-state index < -0.39 is 0 Å². The molecule has 6 nitrogen and oxygen atoms in total. The Bertz CT molecular complexity index is 721. The molecule has 4 rings (SSSR count). The first-order valence-corrected chi connectivity index (χ1v) is 8.80. The van der Waals surface area contributed by atoms with Crippen molar-refractivity contribution in [3.8, 4) is 0 Å². The van der Waals surface area contributed by atoms with Crippen LogP contribution in [0.25, 0.3) is 11.0 Å². The number of ether oxygens (including phenoxy) is 1. The molecule has 2 aliphatic heterocycles. The smallest absolute Gasteiger partial charge is 0.242 e. The van der Waals surface area contributed by atoms with Gasteiger partial charge in [0.05, 0.1) is 12.7 Å². The fourth-order valence-corrected chi connectivity index (χ4v) is 3.93. The summed E-state index contributed by atoms with van der Waals surface area (Å²) in [5, 5.41) is 4.51. The van der Waals surface area contributed by atoms with E-state index in [0.29, 0.717) is 12.5 Å². The molecule has 128 valence electrons. The van der Waals surface area contributed by atoms with Crippen LogP contribution in [-0.2, 0) is 9.53 Å². The number of likely N-dealkylation sites (tertiary alicyclic amines) is 1. The van der Waals surface area contributed by atoms with E-state index in [4.69, 9.17) is 4.74 Å². The van der Waals surface area contributed by atoms with E-state index in [2.05, 4.69) is 27.5 Å². The van der Waals surface area contributed by atoms with Crippen LogP contribution >= 0.6 is 0 Å². The van der Waals surface area contributed by atoms with Gasteiger partial charge in [0, 0.05) is 37.4 Å². The average molecular weight is 328 g/mol. The van der Waals surface area contributed by atoms with Gasteiger partial charge in [0.2, 0.25) is 5.91 Å².